The molecule has 0 saturated carbocycles. The topological polar surface area (TPSA) is 40.5 Å². The first-order chi connectivity index (χ1) is 13.8. The molecule has 2 heteroatoms. The molecule has 0 saturated heterocycles. The van der Waals surface area contributed by atoms with Crippen LogP contribution in [0.25, 0.3) is 11.1 Å². The van der Waals surface area contributed by atoms with Crippen LogP contribution in [0, 0.1) is 0 Å². The molecule has 4 rings (SSSR count). The quantitative estimate of drug-likeness (QED) is 0.429. The van der Waals surface area contributed by atoms with Crippen LogP contribution in [0.15, 0.2) is 109 Å². The number of rotatable bonds is 4. The summed E-state index contributed by atoms with van der Waals surface area (Å²) in [6.07, 6.45) is 0. The first-order valence-corrected chi connectivity index (χ1v) is 9.17. The van der Waals surface area contributed by atoms with E-state index in [1.165, 1.54) is 0 Å². The molecule has 4 aromatic carbocycles. The summed E-state index contributed by atoms with van der Waals surface area (Å²) in [6, 6.07) is 34.6. The lowest BCUT2D eigenvalue weighted by Crippen LogP contribution is -1.98. The minimum absolute atomic E-state index is 0.171. The van der Waals surface area contributed by atoms with E-state index < -0.39 is 0 Å². The third kappa shape index (κ3) is 3.40. The van der Waals surface area contributed by atoms with E-state index in [9.17, 15) is 10.2 Å². The van der Waals surface area contributed by atoms with Gasteiger partial charge in [-0.15, -0.1) is 0 Å². The van der Waals surface area contributed by atoms with Gasteiger partial charge in [0.2, 0.25) is 0 Å². The van der Waals surface area contributed by atoms with Crippen LogP contribution in [0.4, 0.5) is 0 Å². The Kier molecular flexibility index (Phi) is 4.94. The molecule has 0 spiro atoms. The SMILES string of the molecule is Oc1ccccc1C(=C(c1ccccc1)c1ccccc1)c1ccccc1O. The molecule has 0 heterocycles. The van der Waals surface area contributed by atoms with Gasteiger partial charge in [-0.25, -0.2) is 0 Å². The van der Waals surface area contributed by atoms with E-state index in [0.717, 1.165) is 22.3 Å². The highest BCUT2D eigenvalue weighted by molar-refractivity contribution is 6.06. The van der Waals surface area contributed by atoms with Crippen molar-refractivity contribution in [3.05, 3.63) is 131 Å². The monoisotopic (exact) mass is 364 g/mol. The lowest BCUT2D eigenvalue weighted by Gasteiger charge is -2.19. The minimum atomic E-state index is 0.171. The van der Waals surface area contributed by atoms with Gasteiger partial charge in [-0.2, -0.15) is 0 Å². The normalized spacial score (nSPS) is 10.4. The van der Waals surface area contributed by atoms with E-state index in [4.69, 9.17) is 0 Å². The molecule has 2 N–H and O–H groups in total. The molecule has 0 bridgehead atoms. The fourth-order valence-electron chi connectivity index (χ4n) is 3.45. The van der Waals surface area contributed by atoms with Crippen molar-refractivity contribution in [2.75, 3.05) is 0 Å². The number of phenolic OH excluding ortho intramolecular Hbond substituents is 2. The molecule has 0 unspecified atom stereocenters. The van der Waals surface area contributed by atoms with Crippen molar-refractivity contribution in [1.29, 1.82) is 0 Å². The molecule has 0 aromatic heterocycles. The average molecular weight is 364 g/mol. The fraction of sp³-hybridized carbons (Fsp3) is 0. The fourth-order valence-corrected chi connectivity index (χ4v) is 3.45. The van der Waals surface area contributed by atoms with E-state index in [1.54, 1.807) is 24.3 Å². The van der Waals surface area contributed by atoms with Crippen molar-refractivity contribution in [1.82, 2.24) is 0 Å². The average Bonchev–Trinajstić information content (AvgIpc) is 2.75. The van der Waals surface area contributed by atoms with Crippen LogP contribution in [0.5, 0.6) is 11.5 Å². The molecular formula is C26H20O2. The summed E-state index contributed by atoms with van der Waals surface area (Å²) in [5.74, 6) is 0.343. The summed E-state index contributed by atoms with van der Waals surface area (Å²) in [7, 11) is 0. The molecule has 0 atom stereocenters. The Balaban J connectivity index is 2.16. The Morgan fingerprint density at radius 3 is 1.14 bits per heavy atom. The van der Waals surface area contributed by atoms with E-state index >= 15 is 0 Å². The van der Waals surface area contributed by atoms with Crippen molar-refractivity contribution < 1.29 is 10.2 Å². The van der Waals surface area contributed by atoms with Crippen molar-refractivity contribution in [3.63, 3.8) is 0 Å². The zero-order valence-corrected chi connectivity index (χ0v) is 15.3. The summed E-state index contributed by atoms with van der Waals surface area (Å²) in [5, 5.41) is 21.3. The van der Waals surface area contributed by atoms with E-state index in [1.807, 2.05) is 84.9 Å². The predicted molar refractivity (Wildman–Crippen MR) is 114 cm³/mol. The maximum atomic E-state index is 10.7. The Morgan fingerprint density at radius 1 is 0.393 bits per heavy atom. The molecule has 2 nitrogen and oxygen atoms in total. The number of aromatic hydroxyl groups is 2. The van der Waals surface area contributed by atoms with Crippen LogP contribution in [-0.2, 0) is 0 Å². The summed E-state index contributed by atoms with van der Waals surface area (Å²) >= 11 is 0. The first kappa shape index (κ1) is 17.6. The molecule has 0 aliphatic carbocycles. The Bertz CT molecular complexity index is 1020. The summed E-state index contributed by atoms with van der Waals surface area (Å²) in [6.45, 7) is 0. The Morgan fingerprint density at radius 2 is 0.750 bits per heavy atom. The Hall–Kier alpha value is -3.78. The Labute approximate surface area is 164 Å². The summed E-state index contributed by atoms with van der Waals surface area (Å²) in [5.41, 5.74) is 5.10. The van der Waals surface area contributed by atoms with Crippen LogP contribution in [0.3, 0.4) is 0 Å². The van der Waals surface area contributed by atoms with Crippen LogP contribution < -0.4 is 0 Å². The van der Waals surface area contributed by atoms with Crippen LogP contribution in [-0.4, -0.2) is 10.2 Å². The smallest absolute Gasteiger partial charge is 0.123 e. The van der Waals surface area contributed by atoms with Gasteiger partial charge in [0.15, 0.2) is 0 Å². The molecule has 4 aromatic rings. The predicted octanol–water partition coefficient (Wildman–Crippen LogP) is 6.11. The van der Waals surface area contributed by atoms with Gasteiger partial charge < -0.3 is 10.2 Å². The first-order valence-electron chi connectivity index (χ1n) is 9.17. The van der Waals surface area contributed by atoms with E-state index in [2.05, 4.69) is 0 Å². The molecule has 0 aliphatic heterocycles. The van der Waals surface area contributed by atoms with Gasteiger partial charge >= 0.3 is 0 Å². The third-order valence-corrected chi connectivity index (χ3v) is 4.72. The van der Waals surface area contributed by atoms with Crippen molar-refractivity contribution in [2.24, 2.45) is 0 Å². The lowest BCUT2D eigenvalue weighted by molar-refractivity contribution is 0.471. The second-order valence-electron chi connectivity index (χ2n) is 6.52. The largest absolute Gasteiger partial charge is 0.507 e. The van der Waals surface area contributed by atoms with Crippen molar-refractivity contribution in [3.8, 4) is 11.5 Å². The van der Waals surface area contributed by atoms with Crippen LogP contribution >= 0.6 is 0 Å². The molecule has 0 amide bonds. The van der Waals surface area contributed by atoms with Crippen molar-refractivity contribution in [2.45, 2.75) is 0 Å². The zero-order chi connectivity index (χ0) is 19.3. The van der Waals surface area contributed by atoms with Gasteiger partial charge in [0.25, 0.3) is 0 Å². The molecule has 28 heavy (non-hydrogen) atoms. The highest BCUT2D eigenvalue weighted by atomic mass is 16.3. The highest BCUT2D eigenvalue weighted by Gasteiger charge is 2.20. The number of phenols is 2. The van der Waals surface area contributed by atoms with Gasteiger partial charge in [-0.1, -0.05) is 97.1 Å². The lowest BCUT2D eigenvalue weighted by atomic mass is 9.85. The van der Waals surface area contributed by atoms with Gasteiger partial charge in [-0.3, -0.25) is 0 Å². The molecule has 0 fully saturated rings. The highest BCUT2D eigenvalue weighted by Crippen LogP contribution is 2.42. The standard InChI is InChI=1S/C26H20O2/c27-23-17-9-7-15-21(23)26(22-16-8-10-18-24(22)28)25(19-11-3-1-4-12-19)20-13-5-2-6-14-20/h1-18,27-28H. The van der Waals surface area contributed by atoms with Gasteiger partial charge in [0.1, 0.15) is 11.5 Å². The molecule has 0 radical (unpaired) electrons. The number of hydrogen-bond acceptors (Lipinski definition) is 2. The van der Waals surface area contributed by atoms with Gasteiger partial charge in [0, 0.05) is 16.7 Å². The minimum Gasteiger partial charge on any atom is -0.507 e. The molecule has 0 aliphatic rings. The summed E-state index contributed by atoms with van der Waals surface area (Å²) < 4.78 is 0. The van der Waals surface area contributed by atoms with Crippen LogP contribution in [0.1, 0.15) is 22.3 Å². The zero-order valence-electron chi connectivity index (χ0n) is 15.3. The van der Waals surface area contributed by atoms with Crippen LogP contribution in [0.2, 0.25) is 0 Å². The molecular weight excluding hydrogens is 344 g/mol. The second-order valence-corrected chi connectivity index (χ2v) is 6.52. The van der Waals surface area contributed by atoms with Gasteiger partial charge in [0.05, 0.1) is 0 Å². The number of hydrogen-bond donors (Lipinski definition) is 2. The van der Waals surface area contributed by atoms with E-state index in [-0.39, 0.29) is 11.5 Å². The van der Waals surface area contributed by atoms with E-state index in [0.29, 0.717) is 11.1 Å². The van der Waals surface area contributed by atoms with Crippen molar-refractivity contribution >= 4 is 11.1 Å². The molecule has 136 valence electrons. The maximum absolute atomic E-state index is 10.7. The van der Waals surface area contributed by atoms with Gasteiger partial charge in [-0.05, 0) is 28.8 Å². The summed E-state index contributed by atoms with van der Waals surface area (Å²) in [4.78, 5) is 0. The number of benzene rings is 4. The number of para-hydroxylation sites is 2. The second kappa shape index (κ2) is 7.85. The third-order valence-electron chi connectivity index (χ3n) is 4.72. The maximum Gasteiger partial charge on any atom is 0.123 e.